The van der Waals surface area contributed by atoms with E-state index in [1.807, 2.05) is 0 Å². The molecule has 1 aliphatic rings. The van der Waals surface area contributed by atoms with Crippen molar-refractivity contribution in [2.45, 2.75) is 30.6 Å². The lowest BCUT2D eigenvalue weighted by molar-refractivity contribution is -0.0120. The number of hydrogen-bond donors (Lipinski definition) is 3. The Morgan fingerprint density at radius 2 is 2.44 bits per heavy atom. The highest BCUT2D eigenvalue weighted by atomic mass is 35.5. The van der Waals surface area contributed by atoms with E-state index in [9.17, 15) is 5.11 Å². The molecule has 1 aliphatic carbocycles. The third-order valence-corrected chi connectivity index (χ3v) is 4.70. The first-order chi connectivity index (χ1) is 8.53. The molecule has 2 atom stereocenters. The third-order valence-electron chi connectivity index (χ3n) is 3.09. The summed E-state index contributed by atoms with van der Waals surface area (Å²) in [5.74, 6) is 1.69. The molecule has 0 aromatic carbocycles. The molecule has 4 N–H and O–H groups in total. The number of thioether (sulfide) groups is 1. The minimum atomic E-state index is -0.660. The summed E-state index contributed by atoms with van der Waals surface area (Å²) in [6, 6.07) is 1.60. The molecule has 18 heavy (non-hydrogen) atoms. The van der Waals surface area contributed by atoms with E-state index >= 15 is 0 Å². The summed E-state index contributed by atoms with van der Waals surface area (Å²) in [4.78, 5) is 7.80. The standard InChI is InChI=1S/C11H17ClN4OS/c1-2-18-7-3-4-11(7,17)6-14-9-5-8(12)15-10(13)16-9/h5,7,17H,2-4,6H2,1H3,(H3,13,14,15,16). The smallest absolute Gasteiger partial charge is 0.223 e. The fourth-order valence-corrected chi connectivity index (χ4v) is 3.39. The van der Waals surface area contributed by atoms with Gasteiger partial charge in [-0.1, -0.05) is 18.5 Å². The van der Waals surface area contributed by atoms with Gasteiger partial charge in [-0.15, -0.1) is 0 Å². The number of nitrogens with zero attached hydrogens (tertiary/aromatic N) is 2. The van der Waals surface area contributed by atoms with Crippen molar-refractivity contribution in [1.82, 2.24) is 9.97 Å². The van der Waals surface area contributed by atoms with Crippen LogP contribution in [0.3, 0.4) is 0 Å². The molecule has 1 fully saturated rings. The number of halogens is 1. The first kappa shape index (κ1) is 13.7. The molecular weight excluding hydrogens is 272 g/mol. The van der Waals surface area contributed by atoms with Gasteiger partial charge < -0.3 is 16.2 Å². The zero-order chi connectivity index (χ0) is 13.2. The van der Waals surface area contributed by atoms with E-state index in [4.69, 9.17) is 17.3 Å². The molecule has 0 bridgehead atoms. The molecule has 0 amide bonds. The van der Waals surface area contributed by atoms with Gasteiger partial charge >= 0.3 is 0 Å². The monoisotopic (exact) mass is 288 g/mol. The van der Waals surface area contributed by atoms with Crippen LogP contribution in [0.2, 0.25) is 5.15 Å². The lowest BCUT2D eigenvalue weighted by Gasteiger charge is -2.45. The second-order valence-corrected chi connectivity index (χ2v) is 6.24. The molecule has 2 rings (SSSR count). The normalized spacial score (nSPS) is 26.7. The molecule has 1 aromatic heterocycles. The van der Waals surface area contributed by atoms with Crippen LogP contribution in [0, 0.1) is 0 Å². The number of anilines is 2. The Balaban J connectivity index is 1.95. The van der Waals surface area contributed by atoms with Gasteiger partial charge in [0.2, 0.25) is 5.95 Å². The molecule has 7 heteroatoms. The fraction of sp³-hybridized carbons (Fsp3) is 0.636. The van der Waals surface area contributed by atoms with Gasteiger partial charge in [-0.25, -0.2) is 4.98 Å². The second-order valence-electron chi connectivity index (χ2n) is 4.37. The summed E-state index contributed by atoms with van der Waals surface area (Å²) in [6.45, 7) is 2.55. The van der Waals surface area contributed by atoms with Crippen LogP contribution in [0.25, 0.3) is 0 Å². The maximum atomic E-state index is 10.4. The lowest BCUT2D eigenvalue weighted by Crippen LogP contribution is -2.54. The van der Waals surface area contributed by atoms with Gasteiger partial charge in [0.25, 0.3) is 0 Å². The highest BCUT2D eigenvalue weighted by Gasteiger charge is 2.44. The van der Waals surface area contributed by atoms with Crippen LogP contribution in [0.15, 0.2) is 6.07 Å². The van der Waals surface area contributed by atoms with Crippen molar-refractivity contribution in [3.8, 4) is 0 Å². The summed E-state index contributed by atoms with van der Waals surface area (Å²) in [5.41, 5.74) is 4.85. The number of aromatic nitrogens is 2. The van der Waals surface area contributed by atoms with E-state index in [0.717, 1.165) is 18.6 Å². The second kappa shape index (κ2) is 5.50. The third kappa shape index (κ3) is 2.99. The highest BCUT2D eigenvalue weighted by molar-refractivity contribution is 8.00. The Kier molecular flexibility index (Phi) is 4.19. The Morgan fingerprint density at radius 1 is 1.67 bits per heavy atom. The van der Waals surface area contributed by atoms with Gasteiger partial charge in [0.15, 0.2) is 0 Å². The van der Waals surface area contributed by atoms with Crippen molar-refractivity contribution < 1.29 is 5.11 Å². The van der Waals surface area contributed by atoms with Crippen molar-refractivity contribution in [3.05, 3.63) is 11.2 Å². The Labute approximate surface area is 116 Å². The molecule has 1 aromatic rings. The molecule has 0 radical (unpaired) electrons. The van der Waals surface area contributed by atoms with Gasteiger partial charge in [-0.2, -0.15) is 16.7 Å². The van der Waals surface area contributed by atoms with Crippen LogP contribution in [0.5, 0.6) is 0 Å². The summed E-state index contributed by atoms with van der Waals surface area (Å²) < 4.78 is 0. The van der Waals surface area contributed by atoms with E-state index in [0.29, 0.717) is 22.8 Å². The number of nitrogen functional groups attached to an aromatic ring is 1. The van der Waals surface area contributed by atoms with Gasteiger partial charge in [0, 0.05) is 17.9 Å². The van der Waals surface area contributed by atoms with Crippen LogP contribution in [-0.2, 0) is 0 Å². The van der Waals surface area contributed by atoms with Gasteiger partial charge in [-0.3, -0.25) is 0 Å². The largest absolute Gasteiger partial charge is 0.387 e. The number of aliphatic hydroxyl groups is 1. The predicted molar refractivity (Wildman–Crippen MR) is 76.0 cm³/mol. The number of rotatable bonds is 5. The molecule has 1 saturated carbocycles. The summed E-state index contributed by atoms with van der Waals surface area (Å²) in [6.07, 6.45) is 1.87. The molecule has 1 heterocycles. The minimum absolute atomic E-state index is 0.130. The van der Waals surface area contributed by atoms with Gasteiger partial charge in [-0.05, 0) is 18.6 Å². The van der Waals surface area contributed by atoms with Crippen molar-refractivity contribution in [2.24, 2.45) is 0 Å². The summed E-state index contributed by atoms with van der Waals surface area (Å²) in [7, 11) is 0. The van der Waals surface area contributed by atoms with Crippen LogP contribution in [0.1, 0.15) is 19.8 Å². The van der Waals surface area contributed by atoms with E-state index in [2.05, 4.69) is 22.2 Å². The zero-order valence-electron chi connectivity index (χ0n) is 10.2. The minimum Gasteiger partial charge on any atom is -0.387 e. The maximum absolute atomic E-state index is 10.4. The van der Waals surface area contributed by atoms with Crippen LogP contribution < -0.4 is 11.1 Å². The predicted octanol–water partition coefficient (Wildman–Crippen LogP) is 1.77. The van der Waals surface area contributed by atoms with Crippen LogP contribution in [0.4, 0.5) is 11.8 Å². The lowest BCUT2D eigenvalue weighted by atomic mass is 9.79. The van der Waals surface area contributed by atoms with E-state index in [1.54, 1.807) is 17.8 Å². The number of hydrogen-bond acceptors (Lipinski definition) is 6. The Morgan fingerprint density at radius 3 is 3.00 bits per heavy atom. The Bertz CT molecular complexity index is 413. The van der Waals surface area contributed by atoms with Crippen molar-refractivity contribution in [3.63, 3.8) is 0 Å². The average molecular weight is 289 g/mol. The zero-order valence-corrected chi connectivity index (χ0v) is 11.8. The number of nitrogens with one attached hydrogen (secondary N) is 1. The molecule has 2 unspecified atom stereocenters. The van der Waals surface area contributed by atoms with Crippen LogP contribution in [-0.4, -0.2) is 38.2 Å². The molecule has 0 saturated heterocycles. The molecular formula is C11H17ClN4OS. The maximum Gasteiger partial charge on any atom is 0.223 e. The summed E-state index contributed by atoms with van der Waals surface area (Å²) >= 11 is 7.58. The fourth-order valence-electron chi connectivity index (χ4n) is 2.01. The van der Waals surface area contributed by atoms with E-state index in [1.165, 1.54) is 0 Å². The Hall–Kier alpha value is -0.720. The van der Waals surface area contributed by atoms with E-state index in [-0.39, 0.29) is 5.95 Å². The quantitative estimate of drug-likeness (QED) is 0.716. The number of nitrogens with two attached hydrogens (primary N) is 1. The van der Waals surface area contributed by atoms with Crippen molar-refractivity contribution >= 4 is 35.1 Å². The van der Waals surface area contributed by atoms with E-state index < -0.39 is 5.60 Å². The molecule has 5 nitrogen and oxygen atoms in total. The van der Waals surface area contributed by atoms with Crippen molar-refractivity contribution in [1.29, 1.82) is 0 Å². The van der Waals surface area contributed by atoms with Crippen LogP contribution >= 0.6 is 23.4 Å². The summed E-state index contributed by atoms with van der Waals surface area (Å²) in [5, 5.41) is 14.1. The first-order valence-electron chi connectivity index (χ1n) is 5.91. The molecule has 100 valence electrons. The topological polar surface area (TPSA) is 84.1 Å². The van der Waals surface area contributed by atoms with Gasteiger partial charge in [0.1, 0.15) is 11.0 Å². The molecule has 0 spiro atoms. The van der Waals surface area contributed by atoms with Crippen molar-refractivity contribution in [2.75, 3.05) is 23.3 Å². The SMILES string of the molecule is CCSC1CCC1(O)CNc1cc(Cl)nc(N)n1. The highest BCUT2D eigenvalue weighted by Crippen LogP contribution is 2.41. The first-order valence-corrected chi connectivity index (χ1v) is 7.34. The average Bonchev–Trinajstić information content (AvgIpc) is 2.30. The molecule has 0 aliphatic heterocycles. The van der Waals surface area contributed by atoms with Gasteiger partial charge in [0.05, 0.1) is 5.60 Å².